The van der Waals surface area contributed by atoms with Crippen LogP contribution in [0.15, 0.2) is 31.0 Å². The second-order valence-corrected chi connectivity index (χ2v) is 3.46. The van der Waals surface area contributed by atoms with E-state index in [0.717, 1.165) is 24.3 Å². The molecule has 0 aliphatic carbocycles. The van der Waals surface area contributed by atoms with E-state index in [-0.39, 0.29) is 6.04 Å². The quantitative estimate of drug-likeness (QED) is 0.723. The highest BCUT2D eigenvalue weighted by atomic mass is 16.5. The van der Waals surface area contributed by atoms with Crippen molar-refractivity contribution >= 4 is 0 Å². The van der Waals surface area contributed by atoms with Crippen LogP contribution in [0, 0.1) is 0 Å². The molecule has 0 aliphatic rings. The number of ether oxygens (including phenoxy) is 1. The Balaban J connectivity index is 2.52. The van der Waals surface area contributed by atoms with Gasteiger partial charge in [-0.3, -0.25) is 4.98 Å². The molecule has 82 valence electrons. The zero-order chi connectivity index (χ0) is 11.1. The first-order chi connectivity index (χ1) is 7.26. The molecule has 0 aromatic carbocycles. The molecule has 1 aromatic heterocycles. The van der Waals surface area contributed by atoms with Gasteiger partial charge in [-0.2, -0.15) is 0 Å². The van der Waals surface area contributed by atoms with Crippen LogP contribution in [0.4, 0.5) is 0 Å². The second-order valence-electron chi connectivity index (χ2n) is 3.46. The molecule has 1 aromatic rings. The van der Waals surface area contributed by atoms with Crippen LogP contribution in [0.2, 0.25) is 0 Å². The molecule has 0 saturated carbocycles. The SMILES string of the molecule is C=CCOc1ccc(CC(N)CC)nc1. The molecule has 0 amide bonds. The fourth-order valence-corrected chi connectivity index (χ4v) is 1.19. The van der Waals surface area contributed by atoms with E-state index in [2.05, 4.69) is 18.5 Å². The molecular weight excluding hydrogens is 188 g/mol. The van der Waals surface area contributed by atoms with Gasteiger partial charge in [0.1, 0.15) is 12.4 Å². The number of rotatable bonds is 6. The summed E-state index contributed by atoms with van der Waals surface area (Å²) in [4.78, 5) is 4.28. The Morgan fingerprint density at radius 3 is 2.93 bits per heavy atom. The van der Waals surface area contributed by atoms with Crippen molar-refractivity contribution < 1.29 is 4.74 Å². The summed E-state index contributed by atoms with van der Waals surface area (Å²) < 4.78 is 5.33. The van der Waals surface area contributed by atoms with Gasteiger partial charge in [-0.1, -0.05) is 19.6 Å². The summed E-state index contributed by atoms with van der Waals surface area (Å²) in [7, 11) is 0. The lowest BCUT2D eigenvalue weighted by atomic mass is 10.1. The van der Waals surface area contributed by atoms with Crippen LogP contribution < -0.4 is 10.5 Å². The first kappa shape index (κ1) is 11.7. The Morgan fingerprint density at radius 2 is 2.40 bits per heavy atom. The van der Waals surface area contributed by atoms with Gasteiger partial charge >= 0.3 is 0 Å². The minimum absolute atomic E-state index is 0.192. The second kappa shape index (κ2) is 6.19. The van der Waals surface area contributed by atoms with Gasteiger partial charge in [0.05, 0.1) is 6.20 Å². The van der Waals surface area contributed by atoms with E-state index in [9.17, 15) is 0 Å². The van der Waals surface area contributed by atoms with Crippen molar-refractivity contribution in [3.8, 4) is 5.75 Å². The molecule has 0 fully saturated rings. The number of hydrogen-bond donors (Lipinski definition) is 1. The van der Waals surface area contributed by atoms with Crippen molar-refractivity contribution in [3.05, 3.63) is 36.7 Å². The van der Waals surface area contributed by atoms with E-state index >= 15 is 0 Å². The van der Waals surface area contributed by atoms with E-state index in [1.165, 1.54) is 0 Å². The first-order valence-corrected chi connectivity index (χ1v) is 5.20. The summed E-state index contributed by atoms with van der Waals surface area (Å²) in [6.07, 6.45) is 5.22. The lowest BCUT2D eigenvalue weighted by molar-refractivity contribution is 0.361. The minimum atomic E-state index is 0.192. The van der Waals surface area contributed by atoms with Crippen LogP contribution in [0.3, 0.4) is 0 Å². The Bertz CT molecular complexity index is 295. The maximum atomic E-state index is 5.84. The largest absolute Gasteiger partial charge is 0.488 e. The third kappa shape index (κ3) is 4.13. The highest BCUT2D eigenvalue weighted by Crippen LogP contribution is 2.10. The molecule has 2 N–H and O–H groups in total. The maximum Gasteiger partial charge on any atom is 0.138 e. The average molecular weight is 206 g/mol. The highest BCUT2D eigenvalue weighted by Gasteiger charge is 2.02. The number of nitrogens with two attached hydrogens (primary N) is 1. The van der Waals surface area contributed by atoms with Gasteiger partial charge in [-0.25, -0.2) is 0 Å². The van der Waals surface area contributed by atoms with Crippen molar-refractivity contribution in [2.75, 3.05) is 6.61 Å². The summed E-state index contributed by atoms with van der Waals surface area (Å²) in [5.41, 5.74) is 6.85. The first-order valence-electron chi connectivity index (χ1n) is 5.20. The molecule has 0 spiro atoms. The van der Waals surface area contributed by atoms with Crippen LogP contribution in [0.5, 0.6) is 5.75 Å². The van der Waals surface area contributed by atoms with Gasteiger partial charge < -0.3 is 10.5 Å². The molecule has 3 nitrogen and oxygen atoms in total. The predicted octanol–water partition coefficient (Wildman–Crippen LogP) is 1.93. The van der Waals surface area contributed by atoms with E-state index in [0.29, 0.717) is 6.61 Å². The van der Waals surface area contributed by atoms with Crippen molar-refractivity contribution in [2.24, 2.45) is 5.73 Å². The van der Waals surface area contributed by atoms with Crippen molar-refractivity contribution in [3.63, 3.8) is 0 Å². The Morgan fingerprint density at radius 1 is 1.60 bits per heavy atom. The molecular formula is C12H18N2O. The standard InChI is InChI=1S/C12H18N2O/c1-3-7-15-12-6-5-11(14-9-12)8-10(13)4-2/h3,5-6,9-10H,1,4,7-8,13H2,2H3. The number of hydrogen-bond acceptors (Lipinski definition) is 3. The zero-order valence-corrected chi connectivity index (χ0v) is 9.15. The zero-order valence-electron chi connectivity index (χ0n) is 9.15. The van der Waals surface area contributed by atoms with Crippen molar-refractivity contribution in [1.29, 1.82) is 0 Å². The van der Waals surface area contributed by atoms with Gasteiger partial charge in [0.15, 0.2) is 0 Å². The summed E-state index contributed by atoms with van der Waals surface area (Å²) in [6.45, 7) is 6.17. The van der Waals surface area contributed by atoms with Crippen LogP contribution in [0.1, 0.15) is 19.0 Å². The van der Waals surface area contributed by atoms with Crippen LogP contribution in [0.25, 0.3) is 0 Å². The fourth-order valence-electron chi connectivity index (χ4n) is 1.19. The molecule has 1 heterocycles. The number of nitrogens with zero attached hydrogens (tertiary/aromatic N) is 1. The summed E-state index contributed by atoms with van der Waals surface area (Å²) in [6, 6.07) is 4.06. The minimum Gasteiger partial charge on any atom is -0.488 e. The Hall–Kier alpha value is -1.35. The van der Waals surface area contributed by atoms with E-state index < -0.39 is 0 Å². The van der Waals surface area contributed by atoms with Gasteiger partial charge in [-0.15, -0.1) is 0 Å². The molecule has 0 aliphatic heterocycles. The molecule has 1 unspecified atom stereocenters. The van der Waals surface area contributed by atoms with Crippen LogP contribution in [-0.4, -0.2) is 17.6 Å². The van der Waals surface area contributed by atoms with Crippen molar-refractivity contribution in [2.45, 2.75) is 25.8 Å². The van der Waals surface area contributed by atoms with Gasteiger partial charge in [0.25, 0.3) is 0 Å². The molecule has 0 radical (unpaired) electrons. The topological polar surface area (TPSA) is 48.1 Å². The fraction of sp³-hybridized carbons (Fsp3) is 0.417. The molecule has 0 saturated heterocycles. The lowest BCUT2D eigenvalue weighted by Gasteiger charge is -2.08. The Labute approximate surface area is 91.0 Å². The molecule has 1 rings (SSSR count). The third-order valence-corrected chi connectivity index (χ3v) is 2.16. The smallest absolute Gasteiger partial charge is 0.138 e. The Kier molecular flexibility index (Phi) is 4.84. The monoisotopic (exact) mass is 206 g/mol. The summed E-state index contributed by atoms with van der Waals surface area (Å²) in [5, 5.41) is 0. The van der Waals surface area contributed by atoms with E-state index in [1.54, 1.807) is 12.3 Å². The van der Waals surface area contributed by atoms with Crippen molar-refractivity contribution in [1.82, 2.24) is 4.98 Å². The highest BCUT2D eigenvalue weighted by molar-refractivity contribution is 5.20. The summed E-state index contributed by atoms with van der Waals surface area (Å²) in [5.74, 6) is 0.767. The third-order valence-electron chi connectivity index (χ3n) is 2.16. The van der Waals surface area contributed by atoms with Gasteiger partial charge in [-0.05, 0) is 18.6 Å². The van der Waals surface area contributed by atoms with Crippen LogP contribution in [-0.2, 0) is 6.42 Å². The predicted molar refractivity (Wildman–Crippen MR) is 61.9 cm³/mol. The molecule has 15 heavy (non-hydrogen) atoms. The van der Waals surface area contributed by atoms with E-state index in [1.807, 2.05) is 12.1 Å². The van der Waals surface area contributed by atoms with Gasteiger partial charge in [0, 0.05) is 18.2 Å². The van der Waals surface area contributed by atoms with E-state index in [4.69, 9.17) is 10.5 Å². The lowest BCUT2D eigenvalue weighted by Crippen LogP contribution is -2.21. The molecule has 1 atom stereocenters. The molecule has 0 bridgehead atoms. The number of aromatic nitrogens is 1. The average Bonchev–Trinajstić information content (AvgIpc) is 2.28. The normalized spacial score (nSPS) is 12.1. The summed E-state index contributed by atoms with van der Waals surface area (Å²) >= 11 is 0. The van der Waals surface area contributed by atoms with Crippen LogP contribution >= 0.6 is 0 Å². The number of pyridine rings is 1. The molecule has 3 heteroatoms. The van der Waals surface area contributed by atoms with Gasteiger partial charge in [0.2, 0.25) is 0 Å². The maximum absolute atomic E-state index is 5.84.